The summed E-state index contributed by atoms with van der Waals surface area (Å²) >= 11 is 1.31. The molecular formula is C28H21F4N3O3S. The lowest BCUT2D eigenvalue weighted by Crippen LogP contribution is -2.28. The van der Waals surface area contributed by atoms with E-state index in [9.17, 15) is 27.2 Å². The van der Waals surface area contributed by atoms with Crippen LogP contribution in [0.3, 0.4) is 0 Å². The van der Waals surface area contributed by atoms with Crippen LogP contribution in [-0.4, -0.2) is 16.8 Å². The number of hydrogen-bond acceptors (Lipinski definition) is 5. The summed E-state index contributed by atoms with van der Waals surface area (Å²) in [5.74, 6) is -0.565. The highest BCUT2D eigenvalue weighted by molar-refractivity contribution is 7.22. The van der Waals surface area contributed by atoms with Gasteiger partial charge in [-0.25, -0.2) is 9.37 Å². The number of amides is 2. The standard InChI is InChI=1S/C28H21F4N3O3S/c29-20-8-6-18(38-19-7-9-21-23(14-19)39-26(34-21)35-24(36)15-4-5-15)13-22(20)33-25(37)27(10-11-27)16-2-1-3-17(12-16)28(30,31)32/h1-3,6-9,12-15H,4-5,10-11H2,(H,33,37)(H,34,35,36). The molecule has 6 rings (SSSR count). The second-order valence-electron chi connectivity index (χ2n) is 9.77. The van der Waals surface area contributed by atoms with Crippen LogP contribution >= 0.6 is 11.3 Å². The SMILES string of the molecule is O=C(Nc1nc2ccc(Oc3ccc(F)c(NC(=O)C4(c5cccc(C(F)(F)F)c5)CC4)c3)cc2s1)C1CC1. The molecule has 200 valence electrons. The second kappa shape index (κ2) is 9.33. The molecule has 0 saturated heterocycles. The molecule has 0 radical (unpaired) electrons. The van der Waals surface area contributed by atoms with Gasteiger partial charge in [-0.2, -0.15) is 13.2 Å². The van der Waals surface area contributed by atoms with Crippen LogP contribution in [0.1, 0.15) is 36.8 Å². The van der Waals surface area contributed by atoms with Gasteiger partial charge in [-0.15, -0.1) is 0 Å². The topological polar surface area (TPSA) is 80.3 Å². The van der Waals surface area contributed by atoms with Crippen LogP contribution in [0.25, 0.3) is 10.2 Å². The lowest BCUT2D eigenvalue weighted by atomic mass is 9.93. The molecule has 4 aromatic rings. The van der Waals surface area contributed by atoms with Gasteiger partial charge >= 0.3 is 6.18 Å². The highest BCUT2D eigenvalue weighted by atomic mass is 32.1. The molecule has 2 amide bonds. The summed E-state index contributed by atoms with van der Waals surface area (Å²) in [6.45, 7) is 0. The maximum atomic E-state index is 14.6. The lowest BCUT2D eigenvalue weighted by Gasteiger charge is -2.18. The Morgan fingerprint density at radius 1 is 0.974 bits per heavy atom. The van der Waals surface area contributed by atoms with E-state index in [4.69, 9.17) is 4.74 Å². The second-order valence-corrected chi connectivity index (χ2v) is 10.8. The van der Waals surface area contributed by atoms with Crippen molar-refractivity contribution in [1.82, 2.24) is 4.98 Å². The van der Waals surface area contributed by atoms with Crippen LogP contribution in [0.2, 0.25) is 0 Å². The number of hydrogen-bond donors (Lipinski definition) is 2. The summed E-state index contributed by atoms with van der Waals surface area (Å²) < 4.78 is 60.8. The Hall–Kier alpha value is -3.99. The third-order valence-corrected chi connectivity index (χ3v) is 7.82. The van der Waals surface area contributed by atoms with Crippen molar-refractivity contribution in [3.8, 4) is 11.5 Å². The molecule has 0 spiro atoms. The molecular weight excluding hydrogens is 534 g/mol. The van der Waals surface area contributed by atoms with Gasteiger partial charge in [0.15, 0.2) is 5.13 Å². The molecule has 2 fully saturated rings. The third kappa shape index (κ3) is 5.18. The number of aromatic nitrogens is 1. The number of anilines is 2. The van der Waals surface area contributed by atoms with Gasteiger partial charge in [0, 0.05) is 18.1 Å². The van der Waals surface area contributed by atoms with E-state index in [0.717, 1.165) is 35.7 Å². The summed E-state index contributed by atoms with van der Waals surface area (Å²) in [6.07, 6.45) is -2.04. The maximum Gasteiger partial charge on any atom is 0.416 e. The van der Waals surface area contributed by atoms with Gasteiger partial charge in [-0.3, -0.25) is 9.59 Å². The third-order valence-electron chi connectivity index (χ3n) is 6.89. The average molecular weight is 556 g/mol. The molecule has 3 aromatic carbocycles. The molecule has 2 aliphatic rings. The number of fused-ring (bicyclic) bond motifs is 1. The number of nitrogens with zero attached hydrogens (tertiary/aromatic N) is 1. The Balaban J connectivity index is 1.18. The van der Waals surface area contributed by atoms with Gasteiger partial charge in [0.1, 0.15) is 17.3 Å². The van der Waals surface area contributed by atoms with Crippen LogP contribution in [-0.2, 0) is 21.2 Å². The van der Waals surface area contributed by atoms with Gasteiger partial charge in [0.2, 0.25) is 11.8 Å². The molecule has 1 heterocycles. The van der Waals surface area contributed by atoms with Crippen LogP contribution in [0, 0.1) is 11.7 Å². The van der Waals surface area contributed by atoms with E-state index in [1.807, 2.05) is 0 Å². The normalized spacial score (nSPS) is 16.1. The van der Waals surface area contributed by atoms with Crippen molar-refractivity contribution in [1.29, 1.82) is 0 Å². The zero-order valence-corrected chi connectivity index (χ0v) is 21.1. The summed E-state index contributed by atoms with van der Waals surface area (Å²) in [6, 6.07) is 13.7. The number of thiazole rings is 1. The van der Waals surface area contributed by atoms with Crippen molar-refractivity contribution in [2.45, 2.75) is 37.3 Å². The van der Waals surface area contributed by atoms with Crippen LogP contribution < -0.4 is 15.4 Å². The summed E-state index contributed by atoms with van der Waals surface area (Å²) in [7, 11) is 0. The Morgan fingerprint density at radius 3 is 2.44 bits per heavy atom. The minimum atomic E-state index is -4.53. The predicted octanol–water partition coefficient (Wildman–Crippen LogP) is 7.27. The number of nitrogens with one attached hydrogen (secondary N) is 2. The molecule has 2 N–H and O–H groups in total. The highest BCUT2D eigenvalue weighted by Gasteiger charge is 2.52. The number of carbonyl (C=O) groups excluding carboxylic acids is 2. The first-order valence-electron chi connectivity index (χ1n) is 12.3. The number of alkyl halides is 3. The molecule has 39 heavy (non-hydrogen) atoms. The fraction of sp³-hybridized carbons (Fsp3) is 0.250. The van der Waals surface area contributed by atoms with Crippen molar-refractivity contribution in [3.63, 3.8) is 0 Å². The molecule has 0 unspecified atom stereocenters. The molecule has 11 heteroatoms. The van der Waals surface area contributed by atoms with E-state index in [0.29, 0.717) is 29.2 Å². The maximum absolute atomic E-state index is 14.6. The van der Waals surface area contributed by atoms with Crippen molar-refractivity contribution in [3.05, 3.63) is 77.6 Å². The predicted molar refractivity (Wildman–Crippen MR) is 138 cm³/mol. The number of halogens is 4. The quantitative estimate of drug-likeness (QED) is 0.235. The van der Waals surface area contributed by atoms with Crippen LogP contribution in [0.4, 0.5) is 28.4 Å². The monoisotopic (exact) mass is 555 g/mol. The highest BCUT2D eigenvalue weighted by Crippen LogP contribution is 2.50. The Bertz CT molecular complexity index is 1610. The van der Waals surface area contributed by atoms with Gasteiger partial charge in [-0.05, 0) is 61.6 Å². The van der Waals surface area contributed by atoms with Crippen molar-refractivity contribution in [2.24, 2.45) is 5.92 Å². The molecule has 0 atom stereocenters. The smallest absolute Gasteiger partial charge is 0.416 e. The summed E-state index contributed by atoms with van der Waals surface area (Å²) in [4.78, 5) is 29.6. The number of carbonyl (C=O) groups is 2. The first-order valence-corrected chi connectivity index (χ1v) is 13.1. The van der Waals surface area contributed by atoms with E-state index in [1.165, 1.54) is 35.6 Å². The summed E-state index contributed by atoms with van der Waals surface area (Å²) in [5, 5.41) is 5.86. The molecule has 1 aromatic heterocycles. The fourth-order valence-corrected chi connectivity index (χ4v) is 5.28. The zero-order chi connectivity index (χ0) is 27.4. The molecule has 0 bridgehead atoms. The van der Waals surface area contributed by atoms with E-state index in [1.54, 1.807) is 18.2 Å². The lowest BCUT2D eigenvalue weighted by molar-refractivity contribution is -0.137. The minimum absolute atomic E-state index is 0.0348. The first kappa shape index (κ1) is 25.3. The Morgan fingerprint density at radius 2 is 1.72 bits per heavy atom. The number of benzene rings is 3. The molecule has 6 nitrogen and oxygen atoms in total. The van der Waals surface area contributed by atoms with Crippen molar-refractivity contribution >= 4 is 44.2 Å². The van der Waals surface area contributed by atoms with E-state index >= 15 is 0 Å². The zero-order valence-electron chi connectivity index (χ0n) is 20.3. The van der Waals surface area contributed by atoms with E-state index < -0.39 is 28.9 Å². The molecule has 0 aliphatic heterocycles. The Labute approximate surface area is 224 Å². The van der Waals surface area contributed by atoms with Gasteiger partial charge in [-0.1, -0.05) is 29.5 Å². The van der Waals surface area contributed by atoms with Gasteiger partial charge < -0.3 is 15.4 Å². The van der Waals surface area contributed by atoms with Crippen molar-refractivity contribution < 1.29 is 31.9 Å². The van der Waals surface area contributed by atoms with Gasteiger partial charge in [0.05, 0.1) is 26.9 Å². The van der Waals surface area contributed by atoms with Crippen LogP contribution in [0.15, 0.2) is 60.7 Å². The Kier molecular flexibility index (Phi) is 6.05. The molecule has 2 saturated carbocycles. The van der Waals surface area contributed by atoms with Crippen molar-refractivity contribution in [2.75, 3.05) is 10.6 Å². The minimum Gasteiger partial charge on any atom is -0.457 e. The largest absolute Gasteiger partial charge is 0.457 e. The fourth-order valence-electron chi connectivity index (χ4n) is 4.38. The number of rotatable bonds is 7. The summed E-state index contributed by atoms with van der Waals surface area (Å²) in [5.41, 5.74) is -1.19. The van der Waals surface area contributed by atoms with Crippen LogP contribution in [0.5, 0.6) is 11.5 Å². The van der Waals surface area contributed by atoms with E-state index in [-0.39, 0.29) is 28.8 Å². The average Bonchev–Trinajstić information content (AvgIpc) is 3.82. The molecule has 2 aliphatic carbocycles. The number of ether oxygens (including phenoxy) is 1. The van der Waals surface area contributed by atoms with E-state index in [2.05, 4.69) is 15.6 Å². The van der Waals surface area contributed by atoms with Gasteiger partial charge in [0.25, 0.3) is 0 Å². The first-order chi connectivity index (χ1) is 18.6.